The topological polar surface area (TPSA) is 55.2 Å². The summed E-state index contributed by atoms with van der Waals surface area (Å²) in [5.41, 5.74) is -0.529. The molecule has 2 aliphatic carbocycles. The van der Waals surface area contributed by atoms with Gasteiger partial charge in [0.1, 0.15) is 11.5 Å². The third-order valence-corrected chi connectivity index (χ3v) is 4.18. The second kappa shape index (κ2) is 4.15. The van der Waals surface area contributed by atoms with E-state index in [1.165, 1.54) is 12.8 Å². The molecule has 0 aromatic heterocycles. The molecule has 0 bridgehead atoms. The molecule has 1 N–H and O–H groups in total. The third kappa shape index (κ3) is 2.27. The van der Waals surface area contributed by atoms with Gasteiger partial charge >= 0.3 is 5.69 Å². The second-order valence-electron chi connectivity index (χ2n) is 5.53. The lowest BCUT2D eigenvalue weighted by molar-refractivity contribution is -0.386. The van der Waals surface area contributed by atoms with Crippen molar-refractivity contribution < 1.29 is 13.7 Å². The van der Waals surface area contributed by atoms with E-state index in [1.807, 2.05) is 0 Å². The van der Waals surface area contributed by atoms with Crippen molar-refractivity contribution >= 4 is 11.4 Å². The van der Waals surface area contributed by atoms with Crippen LogP contribution in [0.3, 0.4) is 0 Å². The number of nitrogens with one attached hydrogen (secondary N) is 1. The fraction of sp³-hybridized carbons (Fsp3) is 0.538. The lowest BCUT2D eigenvalue weighted by atomic mass is 10.0. The van der Waals surface area contributed by atoms with Crippen molar-refractivity contribution in [2.24, 2.45) is 11.3 Å². The van der Waals surface area contributed by atoms with Gasteiger partial charge in [-0.05, 0) is 37.0 Å². The molecule has 0 amide bonds. The number of halogens is 2. The third-order valence-electron chi connectivity index (χ3n) is 4.18. The summed E-state index contributed by atoms with van der Waals surface area (Å²) < 4.78 is 26.6. The van der Waals surface area contributed by atoms with Crippen LogP contribution in [-0.2, 0) is 0 Å². The number of nitro benzene ring substituents is 1. The van der Waals surface area contributed by atoms with Crippen LogP contribution < -0.4 is 5.32 Å². The van der Waals surface area contributed by atoms with E-state index in [9.17, 15) is 18.9 Å². The van der Waals surface area contributed by atoms with Crippen LogP contribution in [0, 0.1) is 33.1 Å². The molecule has 1 aromatic carbocycles. The van der Waals surface area contributed by atoms with Crippen LogP contribution in [0.25, 0.3) is 0 Å². The van der Waals surface area contributed by atoms with Crippen molar-refractivity contribution in [3.63, 3.8) is 0 Å². The van der Waals surface area contributed by atoms with E-state index < -0.39 is 22.2 Å². The van der Waals surface area contributed by atoms with Gasteiger partial charge in [0.15, 0.2) is 0 Å². The van der Waals surface area contributed by atoms with Gasteiger partial charge in [-0.1, -0.05) is 0 Å². The molecule has 102 valence electrons. The van der Waals surface area contributed by atoms with Crippen LogP contribution in [0.4, 0.5) is 20.2 Å². The Labute approximate surface area is 109 Å². The Balaban J connectivity index is 1.81. The highest BCUT2D eigenvalue weighted by atomic mass is 19.1. The molecule has 2 fully saturated rings. The van der Waals surface area contributed by atoms with Gasteiger partial charge in [-0.15, -0.1) is 0 Å². The Kier molecular flexibility index (Phi) is 2.69. The summed E-state index contributed by atoms with van der Waals surface area (Å²) in [6.07, 6.45) is 4.58. The molecule has 1 aromatic rings. The summed E-state index contributed by atoms with van der Waals surface area (Å²) in [4.78, 5) is 10.0. The standard InChI is InChI=1S/C13H14F2N2O2/c14-9-5-10(15)12(17(18)19)11(6-9)16-7-13(3-4-13)8-1-2-8/h5-6,8,16H,1-4,7H2. The zero-order valence-electron chi connectivity index (χ0n) is 10.3. The van der Waals surface area contributed by atoms with Crippen LogP contribution in [0.15, 0.2) is 12.1 Å². The van der Waals surface area contributed by atoms with Crippen LogP contribution >= 0.6 is 0 Å². The molecular formula is C13H14F2N2O2. The van der Waals surface area contributed by atoms with Gasteiger partial charge in [-0.2, -0.15) is 4.39 Å². The molecule has 3 rings (SSSR count). The maximum atomic E-state index is 13.4. The van der Waals surface area contributed by atoms with Crippen LogP contribution in [0.5, 0.6) is 0 Å². The van der Waals surface area contributed by atoms with Crippen molar-refractivity contribution in [1.29, 1.82) is 0 Å². The zero-order chi connectivity index (χ0) is 13.6. The fourth-order valence-corrected chi connectivity index (χ4v) is 2.74. The van der Waals surface area contributed by atoms with Gasteiger partial charge in [-0.25, -0.2) is 4.39 Å². The Morgan fingerprint density at radius 3 is 2.58 bits per heavy atom. The van der Waals surface area contributed by atoms with E-state index in [0.717, 1.165) is 18.9 Å². The maximum Gasteiger partial charge on any atom is 0.327 e. The first-order valence-electron chi connectivity index (χ1n) is 6.39. The Morgan fingerprint density at radius 1 is 1.37 bits per heavy atom. The largest absolute Gasteiger partial charge is 0.379 e. The molecule has 6 heteroatoms. The Hall–Kier alpha value is -1.72. The first-order valence-corrected chi connectivity index (χ1v) is 6.39. The minimum absolute atomic E-state index is 0.0607. The lowest BCUT2D eigenvalue weighted by Gasteiger charge is -2.16. The monoisotopic (exact) mass is 268 g/mol. The quantitative estimate of drug-likeness (QED) is 0.657. The van der Waals surface area contributed by atoms with Gasteiger partial charge in [-0.3, -0.25) is 10.1 Å². The molecule has 2 aliphatic rings. The molecular weight excluding hydrogens is 254 g/mol. The van der Waals surface area contributed by atoms with Crippen molar-refractivity contribution in [3.8, 4) is 0 Å². The molecule has 0 atom stereocenters. The SMILES string of the molecule is O=[N+]([O-])c1c(F)cc(F)cc1NCC1(C2CC2)CC1. The predicted molar refractivity (Wildman–Crippen MR) is 65.9 cm³/mol. The van der Waals surface area contributed by atoms with Crippen molar-refractivity contribution in [2.75, 3.05) is 11.9 Å². The second-order valence-corrected chi connectivity index (χ2v) is 5.53. The molecule has 0 spiro atoms. The summed E-state index contributed by atoms with van der Waals surface area (Å²) in [5, 5.41) is 13.7. The summed E-state index contributed by atoms with van der Waals surface area (Å²) in [5.74, 6) is -1.26. The van der Waals surface area contributed by atoms with Crippen molar-refractivity contribution in [3.05, 3.63) is 33.9 Å². The molecule has 0 aliphatic heterocycles. The minimum Gasteiger partial charge on any atom is -0.379 e. The van der Waals surface area contributed by atoms with Gasteiger partial charge < -0.3 is 5.32 Å². The first-order chi connectivity index (χ1) is 9.02. The fourth-order valence-electron chi connectivity index (χ4n) is 2.74. The van der Waals surface area contributed by atoms with Crippen molar-refractivity contribution in [1.82, 2.24) is 0 Å². The lowest BCUT2D eigenvalue weighted by Crippen LogP contribution is -2.18. The van der Waals surface area contributed by atoms with E-state index in [-0.39, 0.29) is 11.1 Å². The number of nitro groups is 1. The summed E-state index contributed by atoms with van der Waals surface area (Å²) in [6.45, 7) is 0.557. The van der Waals surface area contributed by atoms with E-state index in [1.54, 1.807) is 0 Å². The number of nitrogens with zero attached hydrogens (tertiary/aromatic N) is 1. The Bertz CT molecular complexity index is 540. The van der Waals surface area contributed by atoms with E-state index in [2.05, 4.69) is 5.32 Å². The predicted octanol–water partition coefficient (Wildman–Crippen LogP) is 3.48. The van der Waals surface area contributed by atoms with Crippen LogP contribution in [0.2, 0.25) is 0 Å². The molecule has 0 radical (unpaired) electrons. The van der Waals surface area contributed by atoms with E-state index in [0.29, 0.717) is 18.5 Å². The molecule has 19 heavy (non-hydrogen) atoms. The number of anilines is 1. The molecule has 2 saturated carbocycles. The zero-order valence-corrected chi connectivity index (χ0v) is 10.3. The Morgan fingerprint density at radius 2 is 2.05 bits per heavy atom. The highest BCUT2D eigenvalue weighted by molar-refractivity contribution is 5.62. The van der Waals surface area contributed by atoms with Gasteiger partial charge in [0, 0.05) is 18.7 Å². The van der Waals surface area contributed by atoms with Crippen LogP contribution in [0.1, 0.15) is 25.7 Å². The molecule has 0 saturated heterocycles. The number of rotatable bonds is 5. The molecule has 4 nitrogen and oxygen atoms in total. The average molecular weight is 268 g/mol. The number of benzene rings is 1. The molecule has 0 unspecified atom stereocenters. The number of hydrogen-bond acceptors (Lipinski definition) is 3. The summed E-state index contributed by atoms with van der Waals surface area (Å²) in [6, 6.07) is 1.53. The first kappa shape index (κ1) is 12.3. The highest BCUT2D eigenvalue weighted by Crippen LogP contribution is 2.61. The summed E-state index contributed by atoms with van der Waals surface area (Å²) in [7, 11) is 0. The van der Waals surface area contributed by atoms with Crippen molar-refractivity contribution in [2.45, 2.75) is 25.7 Å². The van der Waals surface area contributed by atoms with Gasteiger partial charge in [0.05, 0.1) is 4.92 Å². The van der Waals surface area contributed by atoms with E-state index >= 15 is 0 Å². The molecule has 0 heterocycles. The normalized spacial score (nSPS) is 20.1. The van der Waals surface area contributed by atoms with Gasteiger partial charge in [0.2, 0.25) is 5.82 Å². The van der Waals surface area contributed by atoms with Crippen LogP contribution in [-0.4, -0.2) is 11.5 Å². The smallest absolute Gasteiger partial charge is 0.327 e. The summed E-state index contributed by atoms with van der Waals surface area (Å²) >= 11 is 0. The highest BCUT2D eigenvalue weighted by Gasteiger charge is 2.53. The maximum absolute atomic E-state index is 13.4. The minimum atomic E-state index is -1.14. The number of hydrogen-bond donors (Lipinski definition) is 1. The average Bonchev–Trinajstić information content (AvgIpc) is 3.17. The van der Waals surface area contributed by atoms with Gasteiger partial charge in [0.25, 0.3) is 0 Å². The van der Waals surface area contributed by atoms with E-state index in [4.69, 9.17) is 0 Å².